The van der Waals surface area contributed by atoms with E-state index in [0.717, 1.165) is 60.2 Å². The highest BCUT2D eigenvalue weighted by Crippen LogP contribution is 2.49. The SMILES string of the molecule is CN(C)CCOC(=O)N1C[C@@]2(CCC3CCCCC3C2)OC1=O.CN(C)CCOC(=O)N1C[C@@]2(CCC3CCCCC3C2)OC1=O.O.O=C(O)/C=C/C(=O)O.O=C(O)/C=C/C(=O)O. The molecule has 0 aromatic heterocycles. The average molecular weight is 899 g/mol. The molecule has 2 spiro atoms. The Morgan fingerprint density at radius 1 is 0.571 bits per heavy atom. The van der Waals surface area contributed by atoms with Gasteiger partial charge in [-0.2, -0.15) is 0 Å². The molecular formula is C42H66N4O17. The van der Waals surface area contributed by atoms with Gasteiger partial charge in [-0.25, -0.2) is 48.2 Å². The minimum Gasteiger partial charge on any atom is -0.478 e. The molecule has 6 aliphatic rings. The first-order valence-electron chi connectivity index (χ1n) is 21.2. The first-order valence-corrected chi connectivity index (χ1v) is 21.2. The van der Waals surface area contributed by atoms with Crippen molar-refractivity contribution in [3.05, 3.63) is 24.3 Å². The van der Waals surface area contributed by atoms with Crippen LogP contribution in [0.2, 0.25) is 0 Å². The third-order valence-electron chi connectivity index (χ3n) is 12.0. The molecule has 21 nitrogen and oxygen atoms in total. The summed E-state index contributed by atoms with van der Waals surface area (Å²) in [5, 5.41) is 31.2. The third-order valence-corrected chi connectivity index (χ3v) is 12.0. The summed E-state index contributed by atoms with van der Waals surface area (Å²) in [6.07, 6.45) is 16.1. The second-order valence-corrected chi connectivity index (χ2v) is 17.2. The van der Waals surface area contributed by atoms with E-state index in [2.05, 4.69) is 0 Å². The standard InChI is InChI=1S/2C17H28N2O4.2C4H4O4.H2O/c2*1-18(2)9-10-22-15(20)19-12-17(23-16(19)21)8-7-13-5-3-4-6-14(13)11-17;2*5-3(6)1-2-4(7)8;/h2*13-14H,3-12H2,1-2H3;2*1-2H,(H,5,6)(H,7,8);1H2/b;;2*2-1+;/t2*13?,14?,17-;;;/m00.../s1. The van der Waals surface area contributed by atoms with Crippen molar-refractivity contribution in [1.82, 2.24) is 19.6 Å². The molecule has 4 amide bonds. The van der Waals surface area contributed by atoms with Gasteiger partial charge in [0.05, 0.1) is 13.1 Å². The van der Waals surface area contributed by atoms with Gasteiger partial charge in [0.25, 0.3) is 0 Å². The summed E-state index contributed by atoms with van der Waals surface area (Å²) in [4.78, 5) is 92.9. The molecule has 4 saturated carbocycles. The summed E-state index contributed by atoms with van der Waals surface area (Å²) in [5.74, 6) is -2.16. The maximum atomic E-state index is 12.1. The first-order chi connectivity index (χ1) is 29.2. The minimum atomic E-state index is -1.26. The second-order valence-electron chi connectivity index (χ2n) is 17.2. The fraction of sp³-hybridized carbons (Fsp3) is 0.714. The predicted molar refractivity (Wildman–Crippen MR) is 223 cm³/mol. The summed E-state index contributed by atoms with van der Waals surface area (Å²) >= 11 is 0. The van der Waals surface area contributed by atoms with Crippen molar-refractivity contribution in [2.75, 3.05) is 67.6 Å². The molecule has 21 heteroatoms. The van der Waals surface area contributed by atoms with Crippen LogP contribution in [-0.4, -0.2) is 173 Å². The fourth-order valence-corrected chi connectivity index (χ4v) is 9.00. The molecule has 4 unspecified atom stereocenters. The summed E-state index contributed by atoms with van der Waals surface area (Å²) in [6.45, 7) is 2.57. The van der Waals surface area contributed by atoms with Crippen LogP contribution in [0.4, 0.5) is 19.2 Å². The van der Waals surface area contributed by atoms with Crippen molar-refractivity contribution in [2.45, 2.75) is 101 Å². The number of carbonyl (C=O) groups is 8. The molecule has 0 bridgehead atoms. The van der Waals surface area contributed by atoms with Gasteiger partial charge in [-0.1, -0.05) is 51.4 Å². The first kappa shape index (κ1) is 53.9. The Morgan fingerprint density at radius 2 is 0.873 bits per heavy atom. The Balaban J connectivity index is 0.000000321. The number of likely N-dealkylation sites (N-methyl/N-ethyl adjacent to an activating group) is 2. The molecule has 63 heavy (non-hydrogen) atoms. The average Bonchev–Trinajstić information content (AvgIpc) is 3.70. The Hall–Kier alpha value is -5.28. The number of hydrogen-bond acceptors (Lipinski definition) is 14. The fourth-order valence-electron chi connectivity index (χ4n) is 9.00. The second kappa shape index (κ2) is 25.7. The van der Waals surface area contributed by atoms with Gasteiger partial charge >= 0.3 is 48.3 Å². The highest BCUT2D eigenvalue weighted by Gasteiger charge is 2.54. The van der Waals surface area contributed by atoms with Gasteiger partial charge in [-0.3, -0.25) is 0 Å². The number of rotatable bonds is 10. The largest absolute Gasteiger partial charge is 0.478 e. The third kappa shape index (κ3) is 18.2. The van der Waals surface area contributed by atoms with E-state index < -0.39 is 59.5 Å². The van der Waals surface area contributed by atoms with Crippen LogP contribution in [-0.2, 0) is 38.1 Å². The van der Waals surface area contributed by atoms with Gasteiger partial charge in [0.15, 0.2) is 0 Å². The molecule has 6 rings (SSSR count). The lowest BCUT2D eigenvalue weighted by atomic mass is 9.66. The number of nitrogens with zero attached hydrogens (tertiary/aromatic N) is 4. The van der Waals surface area contributed by atoms with Gasteiger partial charge in [-0.15, -0.1) is 0 Å². The lowest BCUT2D eigenvalue weighted by Gasteiger charge is -2.43. The highest BCUT2D eigenvalue weighted by molar-refractivity contribution is 5.91. The molecule has 6 N–H and O–H groups in total. The van der Waals surface area contributed by atoms with Crippen molar-refractivity contribution in [2.24, 2.45) is 23.7 Å². The van der Waals surface area contributed by atoms with Crippen molar-refractivity contribution < 1.29 is 83.2 Å². The Kier molecular flexibility index (Phi) is 22.0. The summed E-state index contributed by atoms with van der Waals surface area (Å²) in [7, 11) is 7.65. The van der Waals surface area contributed by atoms with E-state index in [-0.39, 0.29) is 18.7 Å². The van der Waals surface area contributed by atoms with Crippen molar-refractivity contribution in [3.63, 3.8) is 0 Å². The number of ether oxygens (including phenoxy) is 4. The zero-order valence-electron chi connectivity index (χ0n) is 36.7. The molecule has 0 aromatic rings. The van der Waals surface area contributed by atoms with Crippen LogP contribution < -0.4 is 0 Å². The van der Waals surface area contributed by atoms with Gasteiger partial charge in [0, 0.05) is 37.4 Å². The molecule has 0 radical (unpaired) electrons. The lowest BCUT2D eigenvalue weighted by Crippen LogP contribution is -2.44. The number of carbonyl (C=O) groups excluding carboxylic acids is 4. The van der Waals surface area contributed by atoms with E-state index in [1.165, 1.54) is 51.4 Å². The van der Waals surface area contributed by atoms with Crippen LogP contribution in [0.15, 0.2) is 24.3 Å². The quantitative estimate of drug-likeness (QED) is 0.175. The zero-order chi connectivity index (χ0) is 46.0. The highest BCUT2D eigenvalue weighted by atomic mass is 16.6. The van der Waals surface area contributed by atoms with Gasteiger partial charge in [0.1, 0.15) is 24.4 Å². The van der Waals surface area contributed by atoms with Crippen LogP contribution in [0.5, 0.6) is 0 Å². The number of carboxylic acids is 4. The van der Waals surface area contributed by atoms with Crippen molar-refractivity contribution >= 4 is 48.3 Å². The zero-order valence-corrected chi connectivity index (χ0v) is 36.7. The van der Waals surface area contributed by atoms with Gasteiger partial charge in [0.2, 0.25) is 0 Å². The maximum absolute atomic E-state index is 12.1. The molecule has 356 valence electrons. The minimum absolute atomic E-state index is 0. The van der Waals surface area contributed by atoms with E-state index in [9.17, 15) is 38.4 Å². The number of imide groups is 2. The summed E-state index contributed by atoms with van der Waals surface area (Å²) < 4.78 is 21.7. The van der Waals surface area contributed by atoms with Crippen LogP contribution in [0.1, 0.15) is 89.9 Å². The molecule has 4 aliphatic carbocycles. The van der Waals surface area contributed by atoms with E-state index in [1.54, 1.807) is 0 Å². The Labute approximate surface area is 367 Å². The number of hydrogen-bond donors (Lipinski definition) is 4. The van der Waals surface area contributed by atoms with Crippen molar-refractivity contribution in [3.8, 4) is 0 Å². The number of amides is 4. The van der Waals surface area contributed by atoms with E-state index >= 15 is 0 Å². The number of carboxylic acid groups (broad SMARTS) is 4. The predicted octanol–water partition coefficient (Wildman–Crippen LogP) is 4.33. The normalized spacial score (nSPS) is 27.0. The summed E-state index contributed by atoms with van der Waals surface area (Å²) in [5.41, 5.74) is -0.924. The summed E-state index contributed by atoms with van der Waals surface area (Å²) in [6, 6.07) is 0. The molecule has 2 heterocycles. The van der Waals surface area contributed by atoms with E-state index in [0.29, 0.717) is 62.3 Å². The monoisotopic (exact) mass is 898 g/mol. The Bertz CT molecular complexity index is 1500. The van der Waals surface area contributed by atoms with Crippen LogP contribution >= 0.6 is 0 Å². The van der Waals surface area contributed by atoms with Gasteiger partial charge in [-0.05, 0) is 90.4 Å². The molecule has 2 aliphatic heterocycles. The topological polar surface area (TPSA) is 299 Å². The van der Waals surface area contributed by atoms with E-state index in [1.807, 2.05) is 38.0 Å². The maximum Gasteiger partial charge on any atom is 0.420 e. The Morgan fingerprint density at radius 3 is 1.16 bits per heavy atom. The number of fused-ring (bicyclic) bond motifs is 2. The van der Waals surface area contributed by atoms with Gasteiger partial charge < -0.3 is 54.6 Å². The molecular weight excluding hydrogens is 832 g/mol. The van der Waals surface area contributed by atoms with Crippen LogP contribution in [0.25, 0.3) is 0 Å². The number of aliphatic carboxylic acids is 4. The molecule has 0 aromatic carbocycles. The smallest absolute Gasteiger partial charge is 0.420 e. The van der Waals surface area contributed by atoms with Crippen molar-refractivity contribution in [1.29, 1.82) is 0 Å². The molecule has 2 saturated heterocycles. The molecule has 6 fully saturated rings. The van der Waals surface area contributed by atoms with E-state index in [4.69, 9.17) is 39.4 Å². The van der Waals surface area contributed by atoms with Crippen LogP contribution in [0, 0.1) is 23.7 Å². The lowest BCUT2D eigenvalue weighted by molar-refractivity contribution is -0.134. The van der Waals surface area contributed by atoms with Crippen LogP contribution in [0.3, 0.4) is 0 Å². The molecule has 6 atom stereocenters.